The number of hydrogen-bond acceptors (Lipinski definition) is 5. The number of sulfonamides is 1. The summed E-state index contributed by atoms with van der Waals surface area (Å²) in [4.78, 5) is 15.9. The third-order valence-electron chi connectivity index (χ3n) is 3.40. The lowest BCUT2D eigenvalue weighted by Gasteiger charge is -2.30. The molecule has 0 saturated carbocycles. The van der Waals surface area contributed by atoms with Gasteiger partial charge in [-0.05, 0) is 18.9 Å². The second kappa shape index (κ2) is 6.17. The average molecular weight is 333 g/mol. The number of carbonyl (C=O) groups excluding carboxylic acids is 1. The van der Waals surface area contributed by atoms with Crippen LogP contribution in [0.3, 0.4) is 0 Å². The first-order chi connectivity index (χ1) is 9.77. The molecule has 0 atom stereocenters. The minimum Gasteiger partial charge on any atom is -0.397 e. The molecule has 1 aromatic heterocycles. The maximum Gasteiger partial charge on any atom is 0.253 e. The van der Waals surface area contributed by atoms with Crippen LogP contribution in [0.5, 0.6) is 0 Å². The number of nitrogens with zero attached hydrogens (tertiary/aromatic N) is 2. The largest absolute Gasteiger partial charge is 0.397 e. The lowest BCUT2D eigenvalue weighted by molar-refractivity contribution is 0.0924. The van der Waals surface area contributed by atoms with Crippen molar-refractivity contribution in [1.82, 2.24) is 14.6 Å². The summed E-state index contributed by atoms with van der Waals surface area (Å²) in [6.45, 7) is 0.798. The molecule has 0 aromatic carbocycles. The third-order valence-corrected chi connectivity index (χ3v) is 4.91. The van der Waals surface area contributed by atoms with Crippen LogP contribution in [0.4, 0.5) is 5.69 Å². The highest BCUT2D eigenvalue weighted by Crippen LogP contribution is 2.17. The van der Waals surface area contributed by atoms with E-state index >= 15 is 0 Å². The first-order valence-electron chi connectivity index (χ1n) is 6.44. The molecule has 1 aliphatic heterocycles. The van der Waals surface area contributed by atoms with Crippen molar-refractivity contribution in [2.24, 2.45) is 0 Å². The van der Waals surface area contributed by atoms with Crippen molar-refractivity contribution in [1.29, 1.82) is 0 Å². The van der Waals surface area contributed by atoms with Gasteiger partial charge in [0.1, 0.15) is 5.15 Å². The molecule has 3 N–H and O–H groups in total. The normalized spacial score (nSPS) is 17.6. The zero-order valence-corrected chi connectivity index (χ0v) is 13.1. The Bertz CT molecular complexity index is 642. The molecule has 21 heavy (non-hydrogen) atoms. The highest BCUT2D eigenvalue weighted by atomic mass is 35.5. The summed E-state index contributed by atoms with van der Waals surface area (Å²) in [5.74, 6) is -0.324. The fourth-order valence-corrected chi connectivity index (χ4v) is 3.26. The van der Waals surface area contributed by atoms with Crippen molar-refractivity contribution >= 4 is 33.2 Å². The summed E-state index contributed by atoms with van der Waals surface area (Å²) in [6.07, 6.45) is 3.66. The molecule has 1 fully saturated rings. The quantitative estimate of drug-likeness (QED) is 0.783. The first-order valence-corrected chi connectivity index (χ1v) is 8.67. The van der Waals surface area contributed by atoms with E-state index in [0.29, 0.717) is 25.9 Å². The Hall–Kier alpha value is -1.38. The van der Waals surface area contributed by atoms with Gasteiger partial charge in [-0.1, -0.05) is 11.6 Å². The van der Waals surface area contributed by atoms with Crippen LogP contribution in [0.2, 0.25) is 5.15 Å². The number of halogens is 1. The van der Waals surface area contributed by atoms with Gasteiger partial charge >= 0.3 is 0 Å². The van der Waals surface area contributed by atoms with Gasteiger partial charge in [0.2, 0.25) is 10.0 Å². The van der Waals surface area contributed by atoms with E-state index in [2.05, 4.69) is 10.3 Å². The number of piperidine rings is 1. The Morgan fingerprint density at radius 2 is 2.10 bits per heavy atom. The monoisotopic (exact) mass is 332 g/mol. The van der Waals surface area contributed by atoms with Gasteiger partial charge < -0.3 is 11.1 Å². The lowest BCUT2D eigenvalue weighted by atomic mass is 10.1. The van der Waals surface area contributed by atoms with Crippen LogP contribution in [0, 0.1) is 0 Å². The smallest absolute Gasteiger partial charge is 0.253 e. The van der Waals surface area contributed by atoms with E-state index in [1.165, 1.54) is 22.8 Å². The Morgan fingerprint density at radius 1 is 1.48 bits per heavy atom. The summed E-state index contributed by atoms with van der Waals surface area (Å²) in [6, 6.07) is 1.33. The van der Waals surface area contributed by atoms with Gasteiger partial charge in [0, 0.05) is 19.1 Å². The molecule has 116 valence electrons. The van der Waals surface area contributed by atoms with Gasteiger partial charge in [0.05, 0.1) is 23.7 Å². The fraction of sp³-hybridized carbons (Fsp3) is 0.500. The van der Waals surface area contributed by atoms with E-state index in [-0.39, 0.29) is 28.4 Å². The standard InChI is InChI=1S/C12H17ClN4O3S/c1-21(19,20)17-4-2-8(3-5-17)16-12(18)9-6-11(13)15-7-10(9)14/h6-8H,2-5,14H2,1H3,(H,16,18). The van der Waals surface area contributed by atoms with Crippen LogP contribution in [0.25, 0.3) is 0 Å². The van der Waals surface area contributed by atoms with E-state index in [1.54, 1.807) is 0 Å². The van der Waals surface area contributed by atoms with E-state index in [9.17, 15) is 13.2 Å². The molecule has 0 unspecified atom stereocenters. The third kappa shape index (κ3) is 4.05. The summed E-state index contributed by atoms with van der Waals surface area (Å²) in [5, 5.41) is 3.04. The van der Waals surface area contributed by atoms with E-state index in [0.717, 1.165) is 0 Å². The Morgan fingerprint density at radius 3 is 2.67 bits per heavy atom. The van der Waals surface area contributed by atoms with Gasteiger partial charge in [-0.25, -0.2) is 17.7 Å². The summed E-state index contributed by atoms with van der Waals surface area (Å²) < 4.78 is 24.2. The fourth-order valence-electron chi connectivity index (χ4n) is 2.23. The van der Waals surface area contributed by atoms with E-state index < -0.39 is 10.0 Å². The second-order valence-electron chi connectivity index (χ2n) is 5.00. The molecule has 0 radical (unpaired) electrons. The molecule has 0 bridgehead atoms. The lowest BCUT2D eigenvalue weighted by Crippen LogP contribution is -2.46. The molecule has 7 nitrogen and oxygen atoms in total. The van der Waals surface area contributed by atoms with Crippen LogP contribution < -0.4 is 11.1 Å². The molecule has 9 heteroatoms. The molecule has 2 heterocycles. The molecular weight excluding hydrogens is 316 g/mol. The molecule has 2 rings (SSSR count). The van der Waals surface area contributed by atoms with Crippen molar-refractivity contribution in [2.45, 2.75) is 18.9 Å². The van der Waals surface area contributed by atoms with Gasteiger partial charge in [0.15, 0.2) is 0 Å². The van der Waals surface area contributed by atoms with Crippen LogP contribution >= 0.6 is 11.6 Å². The minimum atomic E-state index is -3.17. The number of anilines is 1. The van der Waals surface area contributed by atoms with Crippen molar-refractivity contribution in [3.8, 4) is 0 Å². The van der Waals surface area contributed by atoms with Crippen molar-refractivity contribution in [3.05, 3.63) is 23.0 Å². The van der Waals surface area contributed by atoms with Crippen molar-refractivity contribution in [3.63, 3.8) is 0 Å². The van der Waals surface area contributed by atoms with Crippen molar-refractivity contribution in [2.75, 3.05) is 25.1 Å². The zero-order chi connectivity index (χ0) is 15.6. The number of aromatic nitrogens is 1. The van der Waals surface area contributed by atoms with Gasteiger partial charge in [-0.2, -0.15) is 0 Å². The predicted octanol–water partition coefficient (Wildman–Crippen LogP) is 0.471. The number of pyridine rings is 1. The molecule has 1 amide bonds. The summed E-state index contributed by atoms with van der Waals surface area (Å²) in [5.41, 5.74) is 6.24. The molecule has 0 aliphatic carbocycles. The van der Waals surface area contributed by atoms with E-state index in [4.69, 9.17) is 17.3 Å². The number of nitrogen functional groups attached to an aromatic ring is 1. The van der Waals surface area contributed by atoms with Crippen molar-refractivity contribution < 1.29 is 13.2 Å². The number of carbonyl (C=O) groups is 1. The Balaban J connectivity index is 1.97. The van der Waals surface area contributed by atoms with Crippen LogP contribution in [-0.4, -0.2) is 49.0 Å². The maximum atomic E-state index is 12.2. The van der Waals surface area contributed by atoms with Crippen LogP contribution in [0.15, 0.2) is 12.3 Å². The Labute approximate surface area is 128 Å². The highest BCUT2D eigenvalue weighted by molar-refractivity contribution is 7.88. The maximum absolute atomic E-state index is 12.2. The number of nitrogens with one attached hydrogen (secondary N) is 1. The first kappa shape index (κ1) is 16.0. The molecule has 1 saturated heterocycles. The topological polar surface area (TPSA) is 105 Å². The zero-order valence-electron chi connectivity index (χ0n) is 11.5. The molecule has 1 aliphatic rings. The highest BCUT2D eigenvalue weighted by Gasteiger charge is 2.26. The van der Waals surface area contributed by atoms with Gasteiger partial charge in [0.25, 0.3) is 5.91 Å². The van der Waals surface area contributed by atoms with Crippen LogP contribution in [-0.2, 0) is 10.0 Å². The molecular formula is C12H17ClN4O3S. The second-order valence-corrected chi connectivity index (χ2v) is 7.37. The summed E-state index contributed by atoms with van der Waals surface area (Å²) in [7, 11) is -3.17. The van der Waals surface area contributed by atoms with Gasteiger partial charge in [-0.15, -0.1) is 0 Å². The van der Waals surface area contributed by atoms with Gasteiger partial charge in [-0.3, -0.25) is 4.79 Å². The molecule has 0 spiro atoms. The Kier molecular flexibility index (Phi) is 4.70. The minimum absolute atomic E-state index is 0.0816. The summed E-state index contributed by atoms with van der Waals surface area (Å²) >= 11 is 5.75. The molecule has 1 aromatic rings. The van der Waals surface area contributed by atoms with E-state index in [1.807, 2.05) is 0 Å². The predicted molar refractivity (Wildman–Crippen MR) is 80.6 cm³/mol. The SMILES string of the molecule is CS(=O)(=O)N1CCC(NC(=O)c2cc(Cl)ncc2N)CC1. The average Bonchev–Trinajstić information content (AvgIpc) is 2.41. The number of rotatable bonds is 3. The number of nitrogens with two attached hydrogens (primary N) is 1. The number of amides is 1. The van der Waals surface area contributed by atoms with Crippen LogP contribution in [0.1, 0.15) is 23.2 Å². The number of hydrogen-bond donors (Lipinski definition) is 2.